The summed E-state index contributed by atoms with van der Waals surface area (Å²) in [6, 6.07) is 0.639. The smallest absolute Gasteiger partial charge is 0.170 e. The van der Waals surface area contributed by atoms with Crippen LogP contribution in [0.5, 0.6) is 0 Å². The summed E-state index contributed by atoms with van der Waals surface area (Å²) in [5.41, 5.74) is 5.50. The first kappa shape index (κ1) is 9.33. The summed E-state index contributed by atoms with van der Waals surface area (Å²) in [4.78, 5) is 6.23. The van der Waals surface area contributed by atoms with E-state index in [-0.39, 0.29) is 0 Å². The molecule has 0 atom stereocenters. The molecule has 76 valence electrons. The van der Waals surface area contributed by atoms with Gasteiger partial charge in [0.05, 0.1) is 6.20 Å². The molecule has 5 heteroatoms. The predicted molar refractivity (Wildman–Crippen MR) is 53.9 cm³/mol. The van der Waals surface area contributed by atoms with E-state index in [4.69, 9.17) is 5.73 Å². The molecule has 1 saturated carbocycles. The maximum absolute atomic E-state index is 5.50. The van der Waals surface area contributed by atoms with Gasteiger partial charge in [0.2, 0.25) is 0 Å². The Hall–Kier alpha value is -1.23. The first-order valence-corrected chi connectivity index (χ1v) is 5.01. The number of aromatic nitrogens is 3. The quantitative estimate of drug-likeness (QED) is 0.723. The van der Waals surface area contributed by atoms with Crippen molar-refractivity contribution in [1.82, 2.24) is 15.2 Å². The van der Waals surface area contributed by atoms with Gasteiger partial charge in [0, 0.05) is 12.6 Å². The van der Waals surface area contributed by atoms with Gasteiger partial charge in [0.15, 0.2) is 5.82 Å². The first-order chi connectivity index (χ1) is 6.92. The highest BCUT2D eigenvalue weighted by Gasteiger charge is 2.29. The third kappa shape index (κ3) is 2.17. The van der Waals surface area contributed by atoms with Crippen LogP contribution in [0.2, 0.25) is 0 Å². The number of hydrogen-bond acceptors (Lipinski definition) is 5. The van der Waals surface area contributed by atoms with Crippen molar-refractivity contribution in [3.05, 3.63) is 12.5 Å². The van der Waals surface area contributed by atoms with E-state index in [0.29, 0.717) is 6.04 Å². The van der Waals surface area contributed by atoms with Crippen molar-refractivity contribution in [2.75, 3.05) is 18.0 Å². The summed E-state index contributed by atoms with van der Waals surface area (Å²) in [5, 5.41) is 7.86. The van der Waals surface area contributed by atoms with E-state index >= 15 is 0 Å². The van der Waals surface area contributed by atoms with Gasteiger partial charge in [0.1, 0.15) is 6.33 Å². The molecule has 14 heavy (non-hydrogen) atoms. The highest BCUT2D eigenvalue weighted by atomic mass is 15.3. The third-order valence-corrected chi connectivity index (χ3v) is 2.35. The van der Waals surface area contributed by atoms with Crippen molar-refractivity contribution in [3.63, 3.8) is 0 Å². The van der Waals surface area contributed by atoms with Crippen molar-refractivity contribution in [2.24, 2.45) is 5.73 Å². The van der Waals surface area contributed by atoms with E-state index in [1.165, 1.54) is 19.2 Å². The Morgan fingerprint density at radius 1 is 1.50 bits per heavy atom. The van der Waals surface area contributed by atoms with E-state index in [0.717, 1.165) is 25.3 Å². The lowest BCUT2D eigenvalue weighted by atomic mass is 10.3. The SMILES string of the molecule is NCCCN(c1cncnn1)C1CC1. The summed E-state index contributed by atoms with van der Waals surface area (Å²) in [7, 11) is 0. The lowest BCUT2D eigenvalue weighted by molar-refractivity contribution is 0.711. The largest absolute Gasteiger partial charge is 0.351 e. The van der Waals surface area contributed by atoms with Gasteiger partial charge in [-0.1, -0.05) is 0 Å². The topological polar surface area (TPSA) is 67.9 Å². The second kappa shape index (κ2) is 4.32. The molecule has 0 saturated heterocycles. The van der Waals surface area contributed by atoms with E-state index in [1.807, 2.05) is 0 Å². The van der Waals surface area contributed by atoms with E-state index in [2.05, 4.69) is 20.1 Å². The Balaban J connectivity index is 2.02. The van der Waals surface area contributed by atoms with Crippen molar-refractivity contribution < 1.29 is 0 Å². The molecule has 1 fully saturated rings. The summed E-state index contributed by atoms with van der Waals surface area (Å²) in [6.07, 6.45) is 6.72. The van der Waals surface area contributed by atoms with Crippen LogP contribution in [-0.2, 0) is 0 Å². The van der Waals surface area contributed by atoms with Crippen LogP contribution >= 0.6 is 0 Å². The average Bonchev–Trinajstić information content (AvgIpc) is 3.04. The second-order valence-electron chi connectivity index (χ2n) is 3.53. The van der Waals surface area contributed by atoms with Gasteiger partial charge >= 0.3 is 0 Å². The van der Waals surface area contributed by atoms with E-state index in [1.54, 1.807) is 6.20 Å². The number of anilines is 1. The normalized spacial score (nSPS) is 15.5. The van der Waals surface area contributed by atoms with Gasteiger partial charge in [0.25, 0.3) is 0 Å². The highest BCUT2D eigenvalue weighted by molar-refractivity contribution is 5.37. The summed E-state index contributed by atoms with van der Waals surface area (Å²) in [5.74, 6) is 0.878. The first-order valence-electron chi connectivity index (χ1n) is 5.01. The molecule has 2 N–H and O–H groups in total. The van der Waals surface area contributed by atoms with Crippen LogP contribution in [0.1, 0.15) is 19.3 Å². The molecule has 1 aliphatic rings. The summed E-state index contributed by atoms with van der Waals surface area (Å²) in [6.45, 7) is 1.68. The Morgan fingerprint density at radius 2 is 2.36 bits per heavy atom. The van der Waals surface area contributed by atoms with Crippen LogP contribution in [0.3, 0.4) is 0 Å². The third-order valence-electron chi connectivity index (χ3n) is 2.35. The minimum atomic E-state index is 0.639. The highest BCUT2D eigenvalue weighted by Crippen LogP contribution is 2.29. The Labute approximate surface area is 83.3 Å². The number of rotatable bonds is 5. The predicted octanol–water partition coefficient (Wildman–Crippen LogP) is 0.189. The van der Waals surface area contributed by atoms with Crippen molar-refractivity contribution in [3.8, 4) is 0 Å². The molecule has 0 spiro atoms. The zero-order valence-electron chi connectivity index (χ0n) is 8.13. The van der Waals surface area contributed by atoms with E-state index in [9.17, 15) is 0 Å². The fraction of sp³-hybridized carbons (Fsp3) is 0.667. The Morgan fingerprint density at radius 3 is 2.93 bits per heavy atom. The lowest BCUT2D eigenvalue weighted by Gasteiger charge is -2.21. The Kier molecular flexibility index (Phi) is 2.88. The number of nitrogens with zero attached hydrogens (tertiary/aromatic N) is 4. The van der Waals surface area contributed by atoms with Gasteiger partial charge in [-0.3, -0.25) is 0 Å². The van der Waals surface area contributed by atoms with Crippen LogP contribution in [-0.4, -0.2) is 34.3 Å². The molecule has 0 radical (unpaired) electrons. The molecule has 0 amide bonds. The number of hydrogen-bond donors (Lipinski definition) is 1. The van der Waals surface area contributed by atoms with Crippen LogP contribution in [0.15, 0.2) is 12.5 Å². The van der Waals surface area contributed by atoms with Crippen LogP contribution in [0, 0.1) is 0 Å². The fourth-order valence-electron chi connectivity index (χ4n) is 1.50. The molecule has 1 aromatic rings. The maximum Gasteiger partial charge on any atom is 0.170 e. The molecule has 1 aliphatic carbocycles. The molecule has 0 bridgehead atoms. The zero-order chi connectivity index (χ0) is 9.80. The number of nitrogens with two attached hydrogens (primary N) is 1. The van der Waals surface area contributed by atoms with Crippen molar-refractivity contribution in [2.45, 2.75) is 25.3 Å². The maximum atomic E-state index is 5.50. The molecule has 1 aromatic heterocycles. The second-order valence-corrected chi connectivity index (χ2v) is 3.53. The van der Waals surface area contributed by atoms with Crippen LogP contribution < -0.4 is 10.6 Å². The minimum Gasteiger partial charge on any atom is -0.351 e. The molecule has 2 rings (SSSR count). The molecule has 5 nitrogen and oxygen atoms in total. The molecule has 0 aliphatic heterocycles. The molecular formula is C9H15N5. The van der Waals surface area contributed by atoms with Gasteiger partial charge in [-0.05, 0) is 25.8 Å². The average molecular weight is 193 g/mol. The van der Waals surface area contributed by atoms with Crippen molar-refractivity contribution >= 4 is 5.82 Å². The van der Waals surface area contributed by atoms with Crippen LogP contribution in [0.25, 0.3) is 0 Å². The molecule has 0 aromatic carbocycles. The Bertz CT molecular complexity index is 272. The summed E-state index contributed by atoms with van der Waals surface area (Å²) >= 11 is 0. The monoisotopic (exact) mass is 193 g/mol. The van der Waals surface area contributed by atoms with Gasteiger partial charge in [-0.25, -0.2) is 4.98 Å². The summed E-state index contributed by atoms with van der Waals surface area (Å²) < 4.78 is 0. The zero-order valence-corrected chi connectivity index (χ0v) is 8.13. The lowest BCUT2D eigenvalue weighted by Crippen LogP contribution is -2.29. The molecule has 1 heterocycles. The standard InChI is InChI=1S/C9H15N5/c10-4-1-5-14(8-2-3-8)9-6-11-7-12-13-9/h6-8H,1-5,10H2. The molecule has 0 unspecified atom stereocenters. The van der Waals surface area contributed by atoms with Gasteiger partial charge in [-0.15, -0.1) is 10.2 Å². The van der Waals surface area contributed by atoms with Gasteiger partial charge < -0.3 is 10.6 Å². The van der Waals surface area contributed by atoms with E-state index < -0.39 is 0 Å². The van der Waals surface area contributed by atoms with Gasteiger partial charge in [-0.2, -0.15) is 0 Å². The minimum absolute atomic E-state index is 0.639. The fourth-order valence-corrected chi connectivity index (χ4v) is 1.50. The molecular weight excluding hydrogens is 178 g/mol. The van der Waals surface area contributed by atoms with Crippen LogP contribution in [0.4, 0.5) is 5.82 Å². The van der Waals surface area contributed by atoms with Crippen molar-refractivity contribution in [1.29, 1.82) is 0 Å².